The van der Waals surface area contributed by atoms with Gasteiger partial charge in [-0.05, 0) is 49.8 Å². The third-order valence-electron chi connectivity index (χ3n) is 3.54. The molecule has 1 aromatic rings. The van der Waals surface area contributed by atoms with Crippen LogP contribution in [0.15, 0.2) is 18.2 Å². The molecule has 2 nitrogen and oxygen atoms in total. The average molecular weight is 219 g/mol. The number of aryl methyl sites for hydroxylation is 2. The summed E-state index contributed by atoms with van der Waals surface area (Å²) in [5.74, 6) is 0. The number of ether oxygens (including phenoxy) is 1. The van der Waals surface area contributed by atoms with Crippen LogP contribution in [0.25, 0.3) is 0 Å². The van der Waals surface area contributed by atoms with Crippen molar-refractivity contribution in [2.24, 2.45) is 5.73 Å². The van der Waals surface area contributed by atoms with E-state index in [1.54, 1.807) is 0 Å². The van der Waals surface area contributed by atoms with E-state index in [2.05, 4.69) is 32.0 Å². The second-order valence-corrected chi connectivity index (χ2v) is 4.86. The van der Waals surface area contributed by atoms with Gasteiger partial charge in [-0.1, -0.05) is 18.2 Å². The van der Waals surface area contributed by atoms with Crippen molar-refractivity contribution in [3.8, 4) is 0 Å². The molecule has 0 aliphatic heterocycles. The van der Waals surface area contributed by atoms with E-state index in [1.807, 2.05) is 0 Å². The van der Waals surface area contributed by atoms with E-state index in [9.17, 15) is 0 Å². The second-order valence-electron chi connectivity index (χ2n) is 4.86. The van der Waals surface area contributed by atoms with Crippen LogP contribution in [-0.2, 0) is 11.3 Å². The van der Waals surface area contributed by atoms with Gasteiger partial charge in [0.25, 0.3) is 0 Å². The van der Waals surface area contributed by atoms with Gasteiger partial charge in [-0.25, -0.2) is 0 Å². The Kier molecular flexibility index (Phi) is 3.62. The fourth-order valence-corrected chi connectivity index (χ4v) is 2.26. The maximum atomic E-state index is 5.97. The van der Waals surface area contributed by atoms with Gasteiger partial charge in [-0.3, -0.25) is 0 Å². The smallest absolute Gasteiger partial charge is 0.0730 e. The Labute approximate surface area is 97.8 Å². The lowest BCUT2D eigenvalue weighted by molar-refractivity contribution is 0.0357. The van der Waals surface area contributed by atoms with Crippen LogP contribution in [0.1, 0.15) is 36.0 Å². The van der Waals surface area contributed by atoms with Crippen LogP contribution in [0.2, 0.25) is 0 Å². The summed E-state index contributed by atoms with van der Waals surface area (Å²) in [5.41, 5.74) is 9.89. The molecule has 2 heteroatoms. The topological polar surface area (TPSA) is 35.2 Å². The predicted octanol–water partition coefficient (Wildman–Crippen LogP) is 2.70. The molecule has 0 saturated heterocycles. The zero-order valence-corrected chi connectivity index (χ0v) is 10.2. The van der Waals surface area contributed by atoms with Crippen LogP contribution < -0.4 is 5.73 Å². The molecule has 2 rings (SSSR count). The highest BCUT2D eigenvalue weighted by atomic mass is 16.5. The van der Waals surface area contributed by atoms with Crippen LogP contribution in [-0.4, -0.2) is 12.1 Å². The molecule has 1 saturated carbocycles. The molecule has 1 fully saturated rings. The van der Waals surface area contributed by atoms with E-state index >= 15 is 0 Å². The minimum atomic E-state index is 0.242. The predicted molar refractivity (Wildman–Crippen MR) is 66.3 cm³/mol. The average Bonchev–Trinajstić information content (AvgIpc) is 2.66. The molecule has 2 atom stereocenters. The van der Waals surface area contributed by atoms with E-state index < -0.39 is 0 Å². The van der Waals surface area contributed by atoms with Crippen molar-refractivity contribution < 1.29 is 4.74 Å². The van der Waals surface area contributed by atoms with Crippen molar-refractivity contribution in [3.63, 3.8) is 0 Å². The first-order valence-corrected chi connectivity index (χ1v) is 6.10. The molecule has 1 aliphatic rings. The monoisotopic (exact) mass is 219 g/mol. The van der Waals surface area contributed by atoms with Crippen molar-refractivity contribution in [2.45, 2.75) is 51.9 Å². The lowest BCUT2D eigenvalue weighted by Gasteiger charge is -2.16. The fraction of sp³-hybridized carbons (Fsp3) is 0.571. The Balaban J connectivity index is 1.91. The Bertz CT molecular complexity index is 362. The lowest BCUT2D eigenvalue weighted by atomic mass is 10.1. The van der Waals surface area contributed by atoms with Crippen molar-refractivity contribution in [1.29, 1.82) is 0 Å². The van der Waals surface area contributed by atoms with Gasteiger partial charge in [0.2, 0.25) is 0 Å². The number of hydrogen-bond donors (Lipinski definition) is 1. The molecule has 0 amide bonds. The Morgan fingerprint density at radius 3 is 2.69 bits per heavy atom. The fourth-order valence-electron chi connectivity index (χ4n) is 2.26. The third kappa shape index (κ3) is 2.63. The van der Waals surface area contributed by atoms with Crippen molar-refractivity contribution in [3.05, 3.63) is 34.9 Å². The summed E-state index contributed by atoms with van der Waals surface area (Å²) in [4.78, 5) is 0. The summed E-state index contributed by atoms with van der Waals surface area (Å²) in [6.45, 7) is 4.96. The summed E-state index contributed by atoms with van der Waals surface area (Å²) in [6.07, 6.45) is 3.70. The molecule has 0 bridgehead atoms. The number of rotatable bonds is 3. The molecule has 1 aliphatic carbocycles. The van der Waals surface area contributed by atoms with Crippen molar-refractivity contribution in [2.75, 3.05) is 0 Å². The van der Waals surface area contributed by atoms with Gasteiger partial charge in [-0.2, -0.15) is 0 Å². The van der Waals surface area contributed by atoms with E-state index in [-0.39, 0.29) is 12.1 Å². The minimum absolute atomic E-state index is 0.242. The molecular weight excluding hydrogens is 198 g/mol. The molecule has 0 spiro atoms. The number of nitrogens with two attached hydrogens (primary N) is 1. The van der Waals surface area contributed by atoms with E-state index in [4.69, 9.17) is 10.5 Å². The SMILES string of the molecule is Cc1ccc(CO[C@@H]2CCC[C@H]2N)cc1C. The van der Waals surface area contributed by atoms with Crippen LogP contribution in [0.4, 0.5) is 0 Å². The quantitative estimate of drug-likeness (QED) is 0.848. The van der Waals surface area contributed by atoms with Gasteiger partial charge in [0.05, 0.1) is 12.7 Å². The molecule has 0 radical (unpaired) electrons. The second kappa shape index (κ2) is 4.98. The van der Waals surface area contributed by atoms with Crippen molar-refractivity contribution >= 4 is 0 Å². The maximum Gasteiger partial charge on any atom is 0.0730 e. The molecule has 0 unspecified atom stereocenters. The highest BCUT2D eigenvalue weighted by Crippen LogP contribution is 2.21. The molecule has 0 heterocycles. The summed E-state index contributed by atoms with van der Waals surface area (Å²) in [6, 6.07) is 6.74. The highest BCUT2D eigenvalue weighted by molar-refractivity contribution is 5.29. The van der Waals surface area contributed by atoms with E-state index in [1.165, 1.54) is 23.1 Å². The Morgan fingerprint density at radius 1 is 1.25 bits per heavy atom. The molecular formula is C14H21NO. The van der Waals surface area contributed by atoms with E-state index in [0.717, 1.165) is 12.8 Å². The zero-order valence-electron chi connectivity index (χ0n) is 10.2. The zero-order chi connectivity index (χ0) is 11.5. The first-order valence-electron chi connectivity index (χ1n) is 6.10. The Morgan fingerprint density at radius 2 is 2.06 bits per heavy atom. The summed E-state index contributed by atoms with van der Waals surface area (Å²) < 4.78 is 5.87. The minimum Gasteiger partial charge on any atom is -0.372 e. The van der Waals surface area contributed by atoms with Gasteiger partial charge in [0, 0.05) is 6.04 Å². The van der Waals surface area contributed by atoms with Crippen molar-refractivity contribution in [1.82, 2.24) is 0 Å². The molecule has 1 aromatic carbocycles. The normalized spacial score (nSPS) is 24.9. The number of hydrogen-bond acceptors (Lipinski definition) is 2. The van der Waals surface area contributed by atoms with Gasteiger partial charge in [0.15, 0.2) is 0 Å². The summed E-state index contributed by atoms with van der Waals surface area (Å²) >= 11 is 0. The van der Waals surface area contributed by atoms with Gasteiger partial charge in [0.1, 0.15) is 0 Å². The molecule has 16 heavy (non-hydrogen) atoms. The Hall–Kier alpha value is -0.860. The van der Waals surface area contributed by atoms with E-state index in [0.29, 0.717) is 6.61 Å². The molecule has 2 N–H and O–H groups in total. The standard InChI is InChI=1S/C14H21NO/c1-10-6-7-12(8-11(10)2)9-16-14-5-3-4-13(14)15/h6-8,13-14H,3-5,9,15H2,1-2H3/t13-,14-/m1/s1. The first-order chi connectivity index (χ1) is 7.66. The maximum absolute atomic E-state index is 5.97. The third-order valence-corrected chi connectivity index (χ3v) is 3.54. The van der Waals surface area contributed by atoms with Gasteiger partial charge in [-0.15, -0.1) is 0 Å². The van der Waals surface area contributed by atoms with Crippen LogP contribution in [0.3, 0.4) is 0 Å². The highest BCUT2D eigenvalue weighted by Gasteiger charge is 2.24. The summed E-state index contributed by atoms with van der Waals surface area (Å²) in [7, 11) is 0. The van der Waals surface area contributed by atoms with Gasteiger partial charge >= 0.3 is 0 Å². The largest absolute Gasteiger partial charge is 0.372 e. The number of benzene rings is 1. The first kappa shape index (κ1) is 11.6. The summed E-state index contributed by atoms with van der Waals surface area (Å²) in [5, 5.41) is 0. The van der Waals surface area contributed by atoms with Crippen LogP contribution in [0.5, 0.6) is 0 Å². The van der Waals surface area contributed by atoms with Gasteiger partial charge < -0.3 is 10.5 Å². The lowest BCUT2D eigenvalue weighted by Crippen LogP contribution is -2.31. The van der Waals surface area contributed by atoms with Crippen LogP contribution in [0, 0.1) is 13.8 Å². The molecule has 0 aromatic heterocycles. The molecule has 88 valence electrons. The van der Waals surface area contributed by atoms with Crippen LogP contribution >= 0.6 is 0 Å².